The van der Waals surface area contributed by atoms with Gasteiger partial charge >= 0.3 is 5.97 Å². The molecule has 4 bridgehead atoms. The Kier molecular flexibility index (Phi) is 23.7. The highest BCUT2D eigenvalue weighted by molar-refractivity contribution is 5.99. The molecule has 0 saturated carbocycles. The highest BCUT2D eigenvalue weighted by Gasteiger charge is 2.51. The molecule has 12 rings (SSSR count). The highest BCUT2D eigenvalue weighted by Crippen LogP contribution is 2.35. The number of carboxylic acid groups (broad SMARTS) is 1. The van der Waals surface area contributed by atoms with Crippen LogP contribution in [-0.2, 0) is 88.2 Å². The average Bonchev–Trinajstić information content (AvgIpc) is 1.57. The summed E-state index contributed by atoms with van der Waals surface area (Å²) in [4.78, 5) is 157. The normalized spacial score (nSPS) is 22.8. The van der Waals surface area contributed by atoms with Gasteiger partial charge in [0, 0.05) is 96.8 Å². The Morgan fingerprint density at radius 1 is 0.696 bits per heavy atom. The molecule has 5 aromatic carbocycles. The number of halogens is 2. The van der Waals surface area contributed by atoms with Gasteiger partial charge in [-0.2, -0.15) is 0 Å². The Morgan fingerprint density at radius 2 is 1.29 bits per heavy atom. The smallest absolute Gasteiger partial charge is 0.307 e. The van der Waals surface area contributed by atoms with Crippen LogP contribution in [0.1, 0.15) is 89.0 Å². The molecule has 0 aliphatic carbocycles. The van der Waals surface area contributed by atoms with Crippen molar-refractivity contribution in [3.63, 3.8) is 0 Å². The highest BCUT2D eigenvalue weighted by atomic mass is 19.1. The summed E-state index contributed by atoms with van der Waals surface area (Å²) in [5.41, 5.74) is 8.87. The largest absolute Gasteiger partial charge is 0.497 e. The lowest BCUT2D eigenvalue weighted by Crippen LogP contribution is -2.64. The molecule has 1 saturated heterocycles. The number of rotatable bonds is 14. The number of nitrogens with zero attached hydrogens (tertiary/aromatic N) is 2. The van der Waals surface area contributed by atoms with E-state index in [9.17, 15) is 43.4 Å². The van der Waals surface area contributed by atoms with Gasteiger partial charge in [-0.15, -0.1) is 0 Å². The van der Waals surface area contributed by atoms with Crippen LogP contribution in [0.4, 0.5) is 8.78 Å². The summed E-state index contributed by atoms with van der Waals surface area (Å²) in [6, 6.07) is 17.1. The van der Waals surface area contributed by atoms with Crippen molar-refractivity contribution in [2.75, 3.05) is 13.7 Å². The van der Waals surface area contributed by atoms with Gasteiger partial charge in [0.25, 0.3) is 5.91 Å². The van der Waals surface area contributed by atoms with Crippen molar-refractivity contribution in [3.05, 3.63) is 203 Å². The van der Waals surface area contributed by atoms with Crippen LogP contribution in [0.15, 0.2) is 146 Å². The first-order chi connectivity index (χ1) is 48.9. The van der Waals surface area contributed by atoms with Crippen molar-refractivity contribution in [1.82, 2.24) is 67.4 Å². The number of benzene rings is 5. The van der Waals surface area contributed by atoms with Gasteiger partial charge in [-0.3, -0.25) is 53.3 Å². The lowest BCUT2D eigenvalue weighted by atomic mass is 9.89. The molecule has 2 unspecified atom stereocenters. The van der Waals surface area contributed by atoms with Gasteiger partial charge in [-0.05, 0) is 120 Å². The van der Waals surface area contributed by atoms with Crippen LogP contribution in [0.3, 0.4) is 0 Å². The number of carbonyl (C=O) groups excluding carboxylic acids is 9. The van der Waals surface area contributed by atoms with Gasteiger partial charge in [0.1, 0.15) is 59.4 Å². The van der Waals surface area contributed by atoms with E-state index in [-0.39, 0.29) is 63.6 Å². The molecule has 4 aliphatic heterocycles. The van der Waals surface area contributed by atoms with Gasteiger partial charge in [0.05, 0.1) is 38.4 Å². The van der Waals surface area contributed by atoms with Crippen molar-refractivity contribution in [1.29, 1.82) is 0 Å². The van der Waals surface area contributed by atoms with Crippen molar-refractivity contribution in [2.24, 2.45) is 5.73 Å². The number of H-pyrrole nitrogens is 3. The van der Waals surface area contributed by atoms with Crippen LogP contribution in [0.25, 0.3) is 21.8 Å². The maximum atomic E-state index is 15.5. The molecular formula is C73H80F2N14O13. The second-order valence-electron chi connectivity index (χ2n) is 25.4. The minimum absolute atomic E-state index is 0.0424. The predicted molar refractivity (Wildman–Crippen MR) is 369 cm³/mol. The van der Waals surface area contributed by atoms with Crippen LogP contribution in [0.2, 0.25) is 0 Å². The number of nitrogens with two attached hydrogens (primary N) is 1. The molecule has 4 aliphatic rings. The van der Waals surface area contributed by atoms with Gasteiger partial charge in [0.2, 0.25) is 47.3 Å². The average molecular weight is 1400 g/mol. The number of carboxylic acids is 1. The maximum absolute atomic E-state index is 15.5. The molecule has 7 heterocycles. The van der Waals surface area contributed by atoms with Gasteiger partial charge < -0.3 is 77.8 Å². The summed E-state index contributed by atoms with van der Waals surface area (Å²) in [5.74, 6) is -9.12. The first-order valence-corrected chi connectivity index (χ1v) is 33.3. The first-order valence-electron chi connectivity index (χ1n) is 33.3. The molecule has 0 spiro atoms. The summed E-state index contributed by atoms with van der Waals surface area (Å²) < 4.78 is 35.3. The second kappa shape index (κ2) is 33.1. The number of carbonyl (C=O) groups is 10. The Hall–Kier alpha value is -11.6. The fraction of sp³-hybridized carbons (Fsp3) is 0.329. The SMILES string of the molecule is CC[C@@]12CCCN1C(=O)[C@H](Cc1ccc(OC)cc1)NC(=O)[C@H](Cc1cnc[nH]1)NC(O)C(C=CCC(=O)O)NC(=O)[C@H](Cc1c[nH]c3ccc(F)cc13)NC(=O)[C@H](Cc1c[nH]c3ccc(F)cc13)NC(=O)[C@@H](C)NC(=O)Cc1ccc(cc1)CNC(=O)c1ccc(cc1)C[C@@H](C(N)=O)NC2=O. The number of aromatic amines is 3. The van der Waals surface area contributed by atoms with E-state index >= 15 is 23.6 Å². The third kappa shape index (κ3) is 18.2. The molecule has 0 radical (unpaired) electrons. The molecule has 534 valence electrons. The lowest BCUT2D eigenvalue weighted by molar-refractivity contribution is -0.148. The summed E-state index contributed by atoms with van der Waals surface area (Å²) >= 11 is 0. The summed E-state index contributed by atoms with van der Waals surface area (Å²) in [6.07, 6.45) is 4.43. The van der Waals surface area contributed by atoms with E-state index in [1.54, 1.807) is 79.7 Å². The summed E-state index contributed by atoms with van der Waals surface area (Å²) in [7, 11) is 1.47. The molecule has 9 atom stereocenters. The molecule has 29 heteroatoms. The molecule has 27 nitrogen and oxygen atoms in total. The second-order valence-corrected chi connectivity index (χ2v) is 25.4. The van der Waals surface area contributed by atoms with E-state index in [0.29, 0.717) is 73.1 Å². The maximum Gasteiger partial charge on any atom is 0.307 e. The van der Waals surface area contributed by atoms with Gasteiger partial charge in [-0.1, -0.05) is 67.6 Å². The standard InChI is InChI=1S/C73H80F2N14O13/c1-4-73-25-6-26-89(73)71(100)61(28-42-15-21-51(102-3)22-16-42)87-70(99)60(34-50-38-77-39-81-50)86-67(96)56(7-5-8-63(91)92)83-68(97)59(31-47-37-79-55-24-20-49(75)33-53(47)55)85-69(98)58(30-46-36-78-54-23-19-48(74)32-52(46)54)84-65(94)40(2)82-62(90)29-43-9-11-44(12-10-43)35-80-66(95)45-17-13-41(14-18-45)27-57(64(76)93)88-72(73)101/h5,7,9-24,32-33,36-40,56-61,67,78-79,86,96H,4,6,8,25-31,34-35H2,1-3H3,(H2,76,93)(H,77,81)(H,80,95)(H,82,90)(H,83,97)(H,84,94)(H,85,98)(H,87,99)(H,88,101)(H,91,92)/t40-,56?,57+,58+,59+,60+,61+,67?,73+/m1/s1. The Bertz CT molecular complexity index is 4410. The fourth-order valence-electron chi connectivity index (χ4n) is 12.8. The molecule has 8 aromatic rings. The molecule has 9 amide bonds. The summed E-state index contributed by atoms with van der Waals surface area (Å²) in [6.45, 7) is 3.22. The van der Waals surface area contributed by atoms with Crippen molar-refractivity contribution >= 4 is 80.9 Å². The lowest BCUT2D eigenvalue weighted by Gasteiger charge is -2.39. The van der Waals surface area contributed by atoms with E-state index < -0.39 is 138 Å². The van der Waals surface area contributed by atoms with Crippen LogP contribution < -0.4 is 53.0 Å². The number of fused-ring (bicyclic) bond motifs is 4. The number of aliphatic hydroxyl groups excluding tert-OH is 1. The topological polar surface area (TPSA) is 406 Å². The molecule has 1 fully saturated rings. The van der Waals surface area contributed by atoms with E-state index in [4.69, 9.17) is 10.5 Å². The Labute approximate surface area is 584 Å². The van der Waals surface area contributed by atoms with E-state index in [0.717, 1.165) is 12.2 Å². The number of ether oxygens (including phenoxy) is 1. The number of aliphatic carboxylic acids is 1. The molecule has 102 heavy (non-hydrogen) atoms. The zero-order chi connectivity index (χ0) is 72.8. The minimum Gasteiger partial charge on any atom is -0.497 e. The number of primary amides is 1. The van der Waals surface area contributed by atoms with Gasteiger partial charge in [-0.25, -0.2) is 13.8 Å². The molecule has 15 N–H and O–H groups in total. The summed E-state index contributed by atoms with van der Waals surface area (Å²) in [5, 5.41) is 45.1. The number of aromatic nitrogens is 4. The fourth-order valence-corrected chi connectivity index (χ4v) is 12.8. The minimum atomic E-state index is -2.02. The zero-order valence-electron chi connectivity index (χ0n) is 56.1. The van der Waals surface area contributed by atoms with E-state index in [1.807, 2.05) is 0 Å². The number of methoxy groups -OCH3 is 1. The molecular weight excluding hydrogens is 1320 g/mol. The third-order valence-electron chi connectivity index (χ3n) is 18.4. The van der Waals surface area contributed by atoms with Crippen LogP contribution in [0, 0.1) is 11.6 Å². The zero-order valence-corrected chi connectivity index (χ0v) is 56.1. The van der Waals surface area contributed by atoms with Crippen LogP contribution in [-0.4, -0.2) is 162 Å². The number of nitrogens with one attached hydrogen (secondary N) is 11. The van der Waals surface area contributed by atoms with E-state index in [1.165, 1.54) is 80.2 Å². The van der Waals surface area contributed by atoms with Crippen LogP contribution >= 0.6 is 0 Å². The number of hydrogen-bond donors (Lipinski definition) is 14. The first kappa shape index (κ1) is 73.1. The monoisotopic (exact) mass is 1400 g/mol. The predicted octanol–water partition coefficient (Wildman–Crippen LogP) is 3.15. The van der Waals surface area contributed by atoms with Crippen molar-refractivity contribution < 1.29 is 71.7 Å². The number of aliphatic hydroxyl groups is 1. The van der Waals surface area contributed by atoms with E-state index in [2.05, 4.69) is 62.5 Å². The number of hydrogen-bond acceptors (Lipinski definition) is 14. The Morgan fingerprint density at radius 3 is 1.89 bits per heavy atom. The molecule has 3 aromatic heterocycles. The van der Waals surface area contributed by atoms with Gasteiger partial charge in [0.15, 0.2) is 0 Å². The third-order valence-corrected chi connectivity index (χ3v) is 18.4. The Balaban J connectivity index is 1.02. The van der Waals surface area contributed by atoms with Crippen molar-refractivity contribution in [2.45, 2.75) is 139 Å². The number of imidazole rings is 1. The van der Waals surface area contributed by atoms with Crippen molar-refractivity contribution in [3.8, 4) is 5.75 Å². The quantitative estimate of drug-likeness (QED) is 0.0696. The van der Waals surface area contributed by atoms with Crippen LogP contribution in [0.5, 0.6) is 5.75 Å². The number of amides is 9.